The Kier molecular flexibility index (Phi) is 3.77. The Labute approximate surface area is 126 Å². The maximum absolute atomic E-state index is 11.3. The minimum Gasteiger partial charge on any atom is -0.477 e. The van der Waals surface area contributed by atoms with Gasteiger partial charge in [0, 0.05) is 19.7 Å². The Morgan fingerprint density at radius 3 is 3.10 bits per heavy atom. The van der Waals surface area contributed by atoms with Gasteiger partial charge in [-0.15, -0.1) is 11.3 Å². The van der Waals surface area contributed by atoms with Gasteiger partial charge in [-0.3, -0.25) is 0 Å². The van der Waals surface area contributed by atoms with Crippen LogP contribution in [-0.2, 0) is 4.74 Å². The lowest BCUT2D eigenvalue weighted by atomic mass is 10.2. The monoisotopic (exact) mass is 307 g/mol. The van der Waals surface area contributed by atoms with E-state index in [2.05, 4.69) is 14.9 Å². The SMILES string of the molecule is Cc1c(C(=O)O)sc2ncnc(N3CCCOC(C)C3)c12. The topological polar surface area (TPSA) is 75.5 Å². The number of fused-ring (bicyclic) bond motifs is 1. The Morgan fingerprint density at radius 1 is 1.52 bits per heavy atom. The molecule has 3 rings (SSSR count). The fourth-order valence-corrected chi connectivity index (χ4v) is 3.67. The van der Waals surface area contributed by atoms with Crippen molar-refractivity contribution in [1.82, 2.24) is 9.97 Å². The van der Waals surface area contributed by atoms with Gasteiger partial charge in [0.05, 0.1) is 11.5 Å². The normalized spacial score (nSPS) is 19.7. The van der Waals surface area contributed by atoms with Crippen LogP contribution in [0.2, 0.25) is 0 Å². The van der Waals surface area contributed by atoms with Gasteiger partial charge in [0.25, 0.3) is 0 Å². The summed E-state index contributed by atoms with van der Waals surface area (Å²) in [5, 5.41) is 10.1. The molecule has 2 aromatic heterocycles. The largest absolute Gasteiger partial charge is 0.477 e. The van der Waals surface area contributed by atoms with Gasteiger partial charge >= 0.3 is 5.97 Å². The number of nitrogens with zero attached hydrogens (tertiary/aromatic N) is 3. The van der Waals surface area contributed by atoms with Crippen molar-refractivity contribution in [3.63, 3.8) is 0 Å². The minimum atomic E-state index is -0.908. The average Bonchev–Trinajstić information content (AvgIpc) is 2.65. The summed E-state index contributed by atoms with van der Waals surface area (Å²) in [6.07, 6.45) is 2.58. The first kappa shape index (κ1) is 14.2. The zero-order chi connectivity index (χ0) is 15.0. The van der Waals surface area contributed by atoms with E-state index in [9.17, 15) is 9.90 Å². The molecule has 2 aromatic rings. The van der Waals surface area contributed by atoms with Crippen LogP contribution in [0.4, 0.5) is 5.82 Å². The number of rotatable bonds is 2. The lowest BCUT2D eigenvalue weighted by molar-refractivity contribution is 0.0701. The molecule has 112 valence electrons. The number of anilines is 1. The number of hydrogen-bond acceptors (Lipinski definition) is 6. The molecule has 1 unspecified atom stereocenters. The quantitative estimate of drug-likeness (QED) is 0.917. The molecule has 0 saturated carbocycles. The van der Waals surface area contributed by atoms with Crippen LogP contribution < -0.4 is 4.90 Å². The highest BCUT2D eigenvalue weighted by atomic mass is 32.1. The summed E-state index contributed by atoms with van der Waals surface area (Å²) in [5.41, 5.74) is 0.746. The summed E-state index contributed by atoms with van der Waals surface area (Å²) in [5.74, 6) is -0.0902. The van der Waals surface area contributed by atoms with E-state index < -0.39 is 5.97 Å². The van der Waals surface area contributed by atoms with Crippen molar-refractivity contribution >= 4 is 33.3 Å². The van der Waals surface area contributed by atoms with Gasteiger partial charge in [0.15, 0.2) is 0 Å². The second-order valence-electron chi connectivity index (χ2n) is 5.22. The number of carbonyl (C=O) groups is 1. The molecule has 3 heterocycles. The van der Waals surface area contributed by atoms with Crippen LogP contribution in [0.3, 0.4) is 0 Å². The summed E-state index contributed by atoms with van der Waals surface area (Å²) >= 11 is 1.21. The van der Waals surface area contributed by atoms with Crippen LogP contribution in [0.1, 0.15) is 28.6 Å². The summed E-state index contributed by atoms with van der Waals surface area (Å²) < 4.78 is 5.66. The first-order valence-corrected chi connectivity index (χ1v) is 7.73. The van der Waals surface area contributed by atoms with Gasteiger partial charge in [-0.2, -0.15) is 0 Å². The van der Waals surface area contributed by atoms with Crippen LogP contribution in [0, 0.1) is 6.92 Å². The third-order valence-corrected chi connectivity index (χ3v) is 4.84. The van der Waals surface area contributed by atoms with Gasteiger partial charge in [-0.05, 0) is 25.8 Å². The number of ether oxygens (including phenoxy) is 1. The zero-order valence-electron chi connectivity index (χ0n) is 12.0. The van der Waals surface area contributed by atoms with Crippen molar-refractivity contribution in [2.75, 3.05) is 24.6 Å². The van der Waals surface area contributed by atoms with Crippen LogP contribution in [-0.4, -0.2) is 46.8 Å². The first-order chi connectivity index (χ1) is 10.1. The molecule has 0 radical (unpaired) electrons. The summed E-state index contributed by atoms with van der Waals surface area (Å²) in [6, 6.07) is 0. The molecule has 0 amide bonds. The van der Waals surface area contributed by atoms with Crippen molar-refractivity contribution in [3.05, 3.63) is 16.8 Å². The molecule has 0 bridgehead atoms. The van der Waals surface area contributed by atoms with Crippen molar-refractivity contribution in [2.45, 2.75) is 26.4 Å². The molecule has 21 heavy (non-hydrogen) atoms. The number of carboxylic acid groups (broad SMARTS) is 1. The highest BCUT2D eigenvalue weighted by Crippen LogP contribution is 2.35. The summed E-state index contributed by atoms with van der Waals surface area (Å²) in [4.78, 5) is 23.2. The van der Waals surface area contributed by atoms with E-state index in [1.165, 1.54) is 17.7 Å². The standard InChI is InChI=1S/C14H17N3O3S/c1-8-6-17(4-3-5-20-8)12-10-9(2)11(14(18)19)21-13(10)16-7-15-12/h7-8H,3-6H2,1-2H3,(H,18,19). The van der Waals surface area contributed by atoms with Gasteiger partial charge in [0.2, 0.25) is 0 Å². The molecule has 0 spiro atoms. The molecule has 1 fully saturated rings. The van der Waals surface area contributed by atoms with Crippen molar-refractivity contribution < 1.29 is 14.6 Å². The molecule has 1 saturated heterocycles. The molecule has 0 aromatic carbocycles. The number of carboxylic acids is 1. The van der Waals surface area contributed by atoms with Gasteiger partial charge < -0.3 is 14.7 Å². The molecule has 1 atom stereocenters. The van der Waals surface area contributed by atoms with Gasteiger partial charge in [0.1, 0.15) is 21.9 Å². The molecule has 0 aliphatic carbocycles. The minimum absolute atomic E-state index is 0.135. The summed E-state index contributed by atoms with van der Waals surface area (Å²) in [6.45, 7) is 6.22. The second kappa shape index (κ2) is 5.57. The second-order valence-corrected chi connectivity index (χ2v) is 6.22. The summed E-state index contributed by atoms with van der Waals surface area (Å²) in [7, 11) is 0. The number of thiophene rings is 1. The fourth-order valence-electron chi connectivity index (χ4n) is 2.68. The predicted octanol–water partition coefficient (Wildman–Crippen LogP) is 2.31. The fraction of sp³-hybridized carbons (Fsp3) is 0.500. The predicted molar refractivity (Wildman–Crippen MR) is 81.4 cm³/mol. The molecule has 7 heteroatoms. The lowest BCUT2D eigenvalue weighted by Gasteiger charge is -2.23. The highest BCUT2D eigenvalue weighted by Gasteiger charge is 2.23. The van der Waals surface area contributed by atoms with Crippen molar-refractivity contribution in [1.29, 1.82) is 0 Å². The number of hydrogen-bond donors (Lipinski definition) is 1. The van der Waals surface area contributed by atoms with E-state index in [4.69, 9.17) is 4.74 Å². The molecular formula is C14H17N3O3S. The Morgan fingerprint density at radius 2 is 2.33 bits per heavy atom. The lowest BCUT2D eigenvalue weighted by Crippen LogP contribution is -2.31. The van der Waals surface area contributed by atoms with Crippen molar-refractivity contribution in [2.24, 2.45) is 0 Å². The Balaban J connectivity index is 2.11. The van der Waals surface area contributed by atoms with Crippen LogP contribution in [0.15, 0.2) is 6.33 Å². The smallest absolute Gasteiger partial charge is 0.346 e. The van der Waals surface area contributed by atoms with Crippen LogP contribution >= 0.6 is 11.3 Å². The molecule has 1 N–H and O–H groups in total. The van der Waals surface area contributed by atoms with Crippen LogP contribution in [0.5, 0.6) is 0 Å². The molecule has 1 aliphatic heterocycles. The number of aromatic nitrogens is 2. The Hall–Kier alpha value is -1.73. The average molecular weight is 307 g/mol. The van der Waals surface area contributed by atoms with E-state index >= 15 is 0 Å². The first-order valence-electron chi connectivity index (χ1n) is 6.92. The van der Waals surface area contributed by atoms with E-state index in [1.807, 2.05) is 13.8 Å². The highest BCUT2D eigenvalue weighted by molar-refractivity contribution is 7.20. The van der Waals surface area contributed by atoms with Crippen molar-refractivity contribution in [3.8, 4) is 0 Å². The molecular weight excluding hydrogens is 290 g/mol. The van der Waals surface area contributed by atoms with Gasteiger partial charge in [-0.1, -0.05) is 0 Å². The van der Waals surface area contributed by atoms with E-state index in [-0.39, 0.29) is 6.10 Å². The third-order valence-electron chi connectivity index (χ3n) is 3.65. The molecule has 1 aliphatic rings. The van der Waals surface area contributed by atoms with E-state index in [0.717, 1.165) is 47.7 Å². The zero-order valence-corrected chi connectivity index (χ0v) is 12.8. The van der Waals surface area contributed by atoms with Gasteiger partial charge in [-0.25, -0.2) is 14.8 Å². The third kappa shape index (κ3) is 2.58. The maximum Gasteiger partial charge on any atom is 0.346 e. The molecule has 6 nitrogen and oxygen atoms in total. The maximum atomic E-state index is 11.3. The van der Waals surface area contributed by atoms with E-state index in [0.29, 0.717) is 4.88 Å². The number of aromatic carboxylic acids is 1. The Bertz CT molecular complexity index is 685. The van der Waals surface area contributed by atoms with Crippen LogP contribution in [0.25, 0.3) is 10.2 Å². The van der Waals surface area contributed by atoms with E-state index in [1.54, 1.807) is 0 Å². The number of aryl methyl sites for hydroxylation is 1.